The number of nitrogens with one attached hydrogen (secondary N) is 2. The van der Waals surface area contributed by atoms with Crippen LogP contribution >= 0.6 is 11.3 Å². The van der Waals surface area contributed by atoms with Crippen LogP contribution < -0.4 is 10.2 Å². The van der Waals surface area contributed by atoms with E-state index in [0.717, 1.165) is 23.3 Å². The molecule has 0 unspecified atom stereocenters. The summed E-state index contributed by atoms with van der Waals surface area (Å²) in [6, 6.07) is 8.09. The van der Waals surface area contributed by atoms with Crippen molar-refractivity contribution in [3.63, 3.8) is 0 Å². The molecule has 0 saturated heterocycles. The van der Waals surface area contributed by atoms with E-state index in [1.54, 1.807) is 14.0 Å². The Balaban J connectivity index is 1.67. The molecule has 0 fully saturated rings. The number of amides is 1. The molecule has 0 aliphatic heterocycles. The van der Waals surface area contributed by atoms with Gasteiger partial charge in [-0.05, 0) is 25.0 Å². The summed E-state index contributed by atoms with van der Waals surface area (Å²) in [6.07, 6.45) is 2.72. The molecule has 0 aliphatic carbocycles. The fourth-order valence-corrected chi connectivity index (χ4v) is 3.36. The molecule has 0 bridgehead atoms. The van der Waals surface area contributed by atoms with Gasteiger partial charge in [0.05, 0.1) is 0 Å². The molecule has 0 spiro atoms. The number of thiazole rings is 1. The summed E-state index contributed by atoms with van der Waals surface area (Å²) in [5.74, 6) is -0.181. The molecular formula is C16H17N3O2S. The fourth-order valence-electron chi connectivity index (χ4n) is 2.46. The number of rotatable bonds is 4. The summed E-state index contributed by atoms with van der Waals surface area (Å²) < 4.78 is 1.50. The van der Waals surface area contributed by atoms with Gasteiger partial charge in [0.25, 0.3) is 5.91 Å². The van der Waals surface area contributed by atoms with Crippen molar-refractivity contribution in [3.05, 3.63) is 56.3 Å². The third kappa shape index (κ3) is 2.57. The van der Waals surface area contributed by atoms with E-state index in [1.807, 2.05) is 24.4 Å². The molecule has 0 aliphatic rings. The van der Waals surface area contributed by atoms with Crippen LogP contribution in [0.5, 0.6) is 0 Å². The first-order valence-electron chi connectivity index (χ1n) is 7.07. The number of benzene rings is 1. The topological polar surface area (TPSA) is 66.9 Å². The number of carbonyl (C=O) groups is 1. The maximum Gasteiger partial charge on any atom is 0.307 e. The summed E-state index contributed by atoms with van der Waals surface area (Å²) >= 11 is 0.989. The lowest BCUT2D eigenvalue weighted by atomic mass is 10.1. The van der Waals surface area contributed by atoms with Crippen LogP contribution in [-0.4, -0.2) is 22.0 Å². The third-order valence-electron chi connectivity index (χ3n) is 3.86. The van der Waals surface area contributed by atoms with E-state index < -0.39 is 0 Å². The van der Waals surface area contributed by atoms with Crippen molar-refractivity contribution >= 4 is 28.1 Å². The predicted molar refractivity (Wildman–Crippen MR) is 88.6 cm³/mol. The van der Waals surface area contributed by atoms with E-state index in [0.29, 0.717) is 17.1 Å². The summed E-state index contributed by atoms with van der Waals surface area (Å²) in [7, 11) is 1.68. The summed E-state index contributed by atoms with van der Waals surface area (Å²) in [4.78, 5) is 27.3. The number of hydrogen-bond donors (Lipinski definition) is 2. The van der Waals surface area contributed by atoms with Crippen LogP contribution in [0.3, 0.4) is 0 Å². The Labute approximate surface area is 131 Å². The largest absolute Gasteiger partial charge is 0.361 e. The highest BCUT2D eigenvalue weighted by atomic mass is 32.1. The van der Waals surface area contributed by atoms with Crippen LogP contribution in [0.15, 0.2) is 35.3 Å². The Hall–Kier alpha value is -2.34. The first-order chi connectivity index (χ1) is 10.6. The number of para-hydroxylation sites is 1. The first kappa shape index (κ1) is 14.6. The average molecular weight is 315 g/mol. The van der Waals surface area contributed by atoms with Gasteiger partial charge in [-0.15, -0.1) is 0 Å². The molecule has 0 atom stereocenters. The monoisotopic (exact) mass is 315 g/mol. The number of hydrogen-bond acceptors (Lipinski definition) is 3. The van der Waals surface area contributed by atoms with Crippen LogP contribution in [0.4, 0.5) is 0 Å². The molecule has 6 heteroatoms. The Morgan fingerprint density at radius 2 is 2.14 bits per heavy atom. The second-order valence-electron chi connectivity index (χ2n) is 5.21. The Morgan fingerprint density at radius 3 is 2.86 bits per heavy atom. The fraction of sp³-hybridized carbons (Fsp3) is 0.250. The van der Waals surface area contributed by atoms with Crippen LogP contribution in [-0.2, 0) is 13.5 Å². The Morgan fingerprint density at radius 1 is 1.36 bits per heavy atom. The molecule has 0 radical (unpaired) electrons. The van der Waals surface area contributed by atoms with E-state index in [1.165, 1.54) is 15.5 Å². The highest BCUT2D eigenvalue weighted by Crippen LogP contribution is 2.17. The number of carbonyl (C=O) groups excluding carboxylic acids is 1. The zero-order chi connectivity index (χ0) is 15.7. The highest BCUT2D eigenvalue weighted by molar-refractivity contribution is 7.11. The molecule has 114 valence electrons. The minimum Gasteiger partial charge on any atom is -0.361 e. The van der Waals surface area contributed by atoms with Gasteiger partial charge in [0.15, 0.2) is 0 Å². The lowest BCUT2D eigenvalue weighted by molar-refractivity contribution is 0.0957. The molecule has 0 saturated carbocycles. The second-order valence-corrected chi connectivity index (χ2v) is 6.17. The first-order valence-corrected chi connectivity index (χ1v) is 7.89. The zero-order valence-corrected chi connectivity index (χ0v) is 13.3. The standard InChI is InChI=1S/C16H17N3O2S/c1-10-14(22-16(21)19(10)2)15(20)17-8-7-11-9-18-13-6-4-3-5-12(11)13/h3-6,9,18H,7-8H2,1-2H3,(H,17,20). The maximum absolute atomic E-state index is 12.2. The van der Waals surface area contributed by atoms with Gasteiger partial charge in [0.1, 0.15) is 4.88 Å². The summed E-state index contributed by atoms with van der Waals surface area (Å²) in [6.45, 7) is 2.32. The molecule has 2 N–H and O–H groups in total. The minimum atomic E-state index is -0.181. The van der Waals surface area contributed by atoms with E-state index in [4.69, 9.17) is 0 Å². The normalized spacial score (nSPS) is 11.0. The zero-order valence-electron chi connectivity index (χ0n) is 12.5. The molecule has 2 heterocycles. The van der Waals surface area contributed by atoms with Gasteiger partial charge in [-0.25, -0.2) is 0 Å². The number of aromatic nitrogens is 2. The van der Waals surface area contributed by atoms with Gasteiger partial charge in [0, 0.05) is 36.4 Å². The van der Waals surface area contributed by atoms with Crippen molar-refractivity contribution in [1.29, 1.82) is 0 Å². The quantitative estimate of drug-likeness (QED) is 0.775. The lowest BCUT2D eigenvalue weighted by Crippen LogP contribution is -2.25. The lowest BCUT2D eigenvalue weighted by Gasteiger charge is -2.04. The summed E-state index contributed by atoms with van der Waals surface area (Å²) in [5, 5.41) is 4.07. The van der Waals surface area contributed by atoms with Crippen LogP contribution in [0.25, 0.3) is 10.9 Å². The van der Waals surface area contributed by atoms with Crippen LogP contribution in [0, 0.1) is 6.92 Å². The summed E-state index contributed by atoms with van der Waals surface area (Å²) in [5.41, 5.74) is 2.98. The van der Waals surface area contributed by atoms with E-state index in [-0.39, 0.29) is 10.8 Å². The Bertz CT molecular complexity index is 888. The van der Waals surface area contributed by atoms with Crippen molar-refractivity contribution in [1.82, 2.24) is 14.9 Å². The molecule has 22 heavy (non-hydrogen) atoms. The molecule has 5 nitrogen and oxygen atoms in total. The van der Waals surface area contributed by atoms with Crippen molar-refractivity contribution < 1.29 is 4.79 Å². The SMILES string of the molecule is Cc1c(C(=O)NCCc2c[nH]c3ccccc23)sc(=O)n1C. The number of nitrogens with zero attached hydrogens (tertiary/aromatic N) is 1. The van der Waals surface area contributed by atoms with E-state index in [9.17, 15) is 9.59 Å². The van der Waals surface area contributed by atoms with E-state index >= 15 is 0 Å². The van der Waals surface area contributed by atoms with Gasteiger partial charge < -0.3 is 14.9 Å². The van der Waals surface area contributed by atoms with Gasteiger partial charge in [-0.1, -0.05) is 29.5 Å². The number of fused-ring (bicyclic) bond motifs is 1. The van der Waals surface area contributed by atoms with Crippen molar-refractivity contribution in [3.8, 4) is 0 Å². The molecule has 2 aromatic heterocycles. The number of H-pyrrole nitrogens is 1. The molecule has 3 aromatic rings. The number of aromatic amines is 1. The van der Waals surface area contributed by atoms with E-state index in [2.05, 4.69) is 16.4 Å². The van der Waals surface area contributed by atoms with Crippen molar-refractivity contribution in [2.75, 3.05) is 6.54 Å². The minimum absolute atomic E-state index is 0.112. The molecule has 3 rings (SSSR count). The van der Waals surface area contributed by atoms with Gasteiger partial charge in [-0.3, -0.25) is 9.59 Å². The van der Waals surface area contributed by atoms with Crippen LogP contribution in [0.2, 0.25) is 0 Å². The van der Waals surface area contributed by atoms with Crippen molar-refractivity contribution in [2.45, 2.75) is 13.3 Å². The molecule has 1 amide bonds. The van der Waals surface area contributed by atoms with Crippen LogP contribution in [0.1, 0.15) is 20.9 Å². The van der Waals surface area contributed by atoms with Crippen molar-refractivity contribution in [2.24, 2.45) is 7.05 Å². The smallest absolute Gasteiger partial charge is 0.307 e. The predicted octanol–water partition coefficient (Wildman–Crippen LogP) is 2.21. The maximum atomic E-state index is 12.2. The average Bonchev–Trinajstić information content (AvgIpc) is 3.04. The Kier molecular flexibility index (Phi) is 3.85. The van der Waals surface area contributed by atoms with Gasteiger partial charge >= 0.3 is 4.87 Å². The van der Waals surface area contributed by atoms with Gasteiger partial charge in [-0.2, -0.15) is 0 Å². The molecular weight excluding hydrogens is 298 g/mol. The highest BCUT2D eigenvalue weighted by Gasteiger charge is 2.15. The molecule has 1 aromatic carbocycles. The van der Waals surface area contributed by atoms with Gasteiger partial charge in [0.2, 0.25) is 0 Å². The second kappa shape index (κ2) is 5.81. The third-order valence-corrected chi connectivity index (χ3v) is 4.99.